The predicted octanol–water partition coefficient (Wildman–Crippen LogP) is 1.89. The minimum atomic E-state index is -0.463. The van der Waals surface area contributed by atoms with E-state index in [1.807, 2.05) is 13.0 Å². The monoisotopic (exact) mass is 161 g/mol. The Balaban J connectivity index is 2.71. The van der Waals surface area contributed by atoms with Crippen molar-refractivity contribution in [3.05, 3.63) is 42.5 Å². The van der Waals surface area contributed by atoms with Gasteiger partial charge in [-0.15, -0.1) is 0 Å². The maximum Gasteiger partial charge on any atom is 0.335 e. The Morgan fingerprint density at radius 2 is 2.42 bits per heavy atom. The molecule has 2 heteroatoms. The van der Waals surface area contributed by atoms with Crippen LogP contribution in [0.25, 0.3) is 0 Å². The lowest BCUT2D eigenvalue weighted by Crippen LogP contribution is -2.02. The first kappa shape index (κ1) is 8.53. The highest BCUT2D eigenvalue weighted by atomic mass is 16.5. The van der Waals surface area contributed by atoms with E-state index in [9.17, 15) is 4.79 Å². The molecule has 1 aromatic carbocycles. The van der Waals surface area contributed by atoms with Crippen molar-refractivity contribution < 1.29 is 9.53 Å². The summed E-state index contributed by atoms with van der Waals surface area (Å²) in [6, 6.07) is 8.11. The Morgan fingerprint density at radius 1 is 1.67 bits per heavy atom. The normalized spacial score (nSPS) is 9.08. The van der Waals surface area contributed by atoms with Crippen molar-refractivity contribution in [2.45, 2.75) is 6.92 Å². The molecule has 1 radical (unpaired) electrons. The largest absolute Gasteiger partial charge is 0.423 e. The second kappa shape index (κ2) is 3.72. The summed E-state index contributed by atoms with van der Waals surface area (Å²) in [5.41, 5.74) is 1.08. The third kappa shape index (κ3) is 2.23. The molecule has 0 atom stereocenters. The first-order valence-corrected chi connectivity index (χ1v) is 3.55. The molecule has 0 saturated carbocycles. The molecule has 1 aromatic rings. The first-order valence-electron chi connectivity index (χ1n) is 3.55. The zero-order valence-electron chi connectivity index (χ0n) is 6.83. The van der Waals surface area contributed by atoms with Crippen LogP contribution in [0.4, 0.5) is 0 Å². The van der Waals surface area contributed by atoms with Gasteiger partial charge in [-0.25, -0.2) is 4.79 Å². The van der Waals surface area contributed by atoms with Gasteiger partial charge in [-0.05, 0) is 19.1 Å². The molecule has 1 rings (SSSR count). The van der Waals surface area contributed by atoms with Gasteiger partial charge in [-0.2, -0.15) is 0 Å². The Morgan fingerprint density at radius 3 is 2.92 bits per heavy atom. The quantitative estimate of drug-likeness (QED) is 0.376. The zero-order valence-corrected chi connectivity index (χ0v) is 6.83. The van der Waals surface area contributed by atoms with Gasteiger partial charge in [0.1, 0.15) is 5.75 Å². The molecule has 0 amide bonds. The lowest BCUT2D eigenvalue weighted by molar-refractivity contribution is -0.128. The molecule has 0 unspecified atom stereocenters. The van der Waals surface area contributed by atoms with E-state index in [-0.39, 0.29) is 0 Å². The summed E-state index contributed by atoms with van der Waals surface area (Å²) in [7, 11) is 0. The minimum absolute atomic E-state index is 0.422. The fourth-order valence-electron chi connectivity index (χ4n) is 0.702. The topological polar surface area (TPSA) is 26.3 Å². The Labute approximate surface area is 71.5 Å². The lowest BCUT2D eigenvalue weighted by Gasteiger charge is -1.99. The van der Waals surface area contributed by atoms with E-state index in [1.54, 1.807) is 12.1 Å². The highest BCUT2D eigenvalue weighted by molar-refractivity contribution is 5.83. The third-order valence-corrected chi connectivity index (χ3v) is 1.32. The molecule has 0 aromatic heterocycles. The Kier molecular flexibility index (Phi) is 2.64. The van der Waals surface area contributed by atoms with Gasteiger partial charge >= 0.3 is 5.97 Å². The summed E-state index contributed by atoms with van der Waals surface area (Å²) < 4.78 is 4.81. The molecule has 0 aliphatic rings. The summed E-state index contributed by atoms with van der Waals surface area (Å²) in [5.74, 6) is -0.0411. The molecule has 0 spiro atoms. The van der Waals surface area contributed by atoms with Gasteiger partial charge in [0, 0.05) is 12.1 Å². The summed E-state index contributed by atoms with van der Waals surface area (Å²) in [5, 5.41) is 0. The van der Waals surface area contributed by atoms with E-state index in [2.05, 4.69) is 12.6 Å². The van der Waals surface area contributed by atoms with Crippen LogP contribution in [0.3, 0.4) is 0 Å². The van der Waals surface area contributed by atoms with Crippen molar-refractivity contribution >= 4 is 5.97 Å². The fraction of sp³-hybridized carbons (Fsp3) is 0.100. The van der Waals surface area contributed by atoms with E-state index in [0.717, 1.165) is 11.6 Å². The molecule has 0 aliphatic carbocycles. The molecule has 61 valence electrons. The van der Waals surface area contributed by atoms with Crippen molar-refractivity contribution in [1.82, 2.24) is 0 Å². The van der Waals surface area contributed by atoms with Gasteiger partial charge in [0.05, 0.1) is 0 Å². The first-order chi connectivity index (χ1) is 5.72. The number of benzene rings is 1. The van der Waals surface area contributed by atoms with E-state index < -0.39 is 5.97 Å². The molecule has 0 saturated heterocycles. The van der Waals surface area contributed by atoms with Crippen molar-refractivity contribution in [2.75, 3.05) is 0 Å². The van der Waals surface area contributed by atoms with Crippen LogP contribution in [0.2, 0.25) is 0 Å². The second-order valence-electron chi connectivity index (χ2n) is 2.36. The van der Waals surface area contributed by atoms with Gasteiger partial charge in [0.15, 0.2) is 0 Å². The summed E-state index contributed by atoms with van der Waals surface area (Å²) in [4.78, 5) is 10.7. The standard InChI is InChI=1S/C10H9O2/c1-3-10(11)12-9-6-4-8(2)5-7-9/h3-6H,1H2,2H3. The second-order valence-corrected chi connectivity index (χ2v) is 2.36. The number of hydrogen-bond donors (Lipinski definition) is 0. The number of rotatable bonds is 2. The molecule has 0 fully saturated rings. The summed E-state index contributed by atoms with van der Waals surface area (Å²) >= 11 is 0. The minimum Gasteiger partial charge on any atom is -0.423 e. The SMILES string of the molecule is C=CC(=O)Oc1[c]cc(C)cc1. The molecule has 0 N–H and O–H groups in total. The maximum atomic E-state index is 10.7. The lowest BCUT2D eigenvalue weighted by atomic mass is 10.2. The average Bonchev–Trinajstić information content (AvgIpc) is 2.09. The smallest absolute Gasteiger partial charge is 0.335 e. The average molecular weight is 161 g/mol. The predicted molar refractivity (Wildman–Crippen MR) is 45.8 cm³/mol. The Hall–Kier alpha value is -1.57. The van der Waals surface area contributed by atoms with Crippen molar-refractivity contribution in [3.63, 3.8) is 0 Å². The number of ether oxygens (including phenoxy) is 1. The number of esters is 1. The molecular formula is C10H9O2. The van der Waals surface area contributed by atoms with Crippen LogP contribution >= 0.6 is 0 Å². The van der Waals surface area contributed by atoms with Crippen molar-refractivity contribution in [2.24, 2.45) is 0 Å². The fourth-order valence-corrected chi connectivity index (χ4v) is 0.702. The molecule has 0 bridgehead atoms. The van der Waals surface area contributed by atoms with Gasteiger partial charge in [0.25, 0.3) is 0 Å². The van der Waals surface area contributed by atoms with Crippen LogP contribution in [0.5, 0.6) is 5.75 Å². The van der Waals surface area contributed by atoms with E-state index in [1.165, 1.54) is 0 Å². The van der Waals surface area contributed by atoms with E-state index in [4.69, 9.17) is 4.74 Å². The van der Waals surface area contributed by atoms with E-state index >= 15 is 0 Å². The van der Waals surface area contributed by atoms with Gasteiger partial charge in [-0.3, -0.25) is 0 Å². The molecule has 0 heterocycles. The summed E-state index contributed by atoms with van der Waals surface area (Å²) in [6.07, 6.45) is 1.12. The van der Waals surface area contributed by atoms with Crippen LogP contribution < -0.4 is 4.74 Å². The van der Waals surface area contributed by atoms with Crippen LogP contribution in [0.1, 0.15) is 5.56 Å². The highest BCUT2D eigenvalue weighted by Gasteiger charge is 1.97. The highest BCUT2D eigenvalue weighted by Crippen LogP contribution is 2.10. The van der Waals surface area contributed by atoms with Gasteiger partial charge < -0.3 is 4.74 Å². The van der Waals surface area contributed by atoms with Crippen molar-refractivity contribution in [1.29, 1.82) is 0 Å². The molecule has 0 aliphatic heterocycles. The van der Waals surface area contributed by atoms with Crippen LogP contribution in [-0.4, -0.2) is 5.97 Å². The van der Waals surface area contributed by atoms with Crippen molar-refractivity contribution in [3.8, 4) is 5.75 Å². The number of hydrogen-bond acceptors (Lipinski definition) is 2. The number of carbonyl (C=O) groups is 1. The van der Waals surface area contributed by atoms with Gasteiger partial charge in [-0.1, -0.05) is 18.2 Å². The summed E-state index contributed by atoms with van der Waals surface area (Å²) in [6.45, 7) is 5.23. The number of carbonyl (C=O) groups excluding carboxylic acids is 1. The van der Waals surface area contributed by atoms with Crippen LogP contribution in [-0.2, 0) is 4.79 Å². The van der Waals surface area contributed by atoms with E-state index in [0.29, 0.717) is 5.75 Å². The molecular weight excluding hydrogens is 152 g/mol. The number of aryl methyl sites for hydroxylation is 1. The zero-order chi connectivity index (χ0) is 8.97. The van der Waals surface area contributed by atoms with Crippen LogP contribution in [0.15, 0.2) is 30.9 Å². The third-order valence-electron chi connectivity index (χ3n) is 1.32. The molecule has 2 nitrogen and oxygen atoms in total. The van der Waals surface area contributed by atoms with Gasteiger partial charge in [0.2, 0.25) is 0 Å². The van der Waals surface area contributed by atoms with Crippen LogP contribution in [0, 0.1) is 13.0 Å². The Bertz CT molecular complexity index is 285. The molecule has 12 heavy (non-hydrogen) atoms. The maximum absolute atomic E-state index is 10.7.